The Morgan fingerprint density at radius 1 is 0.824 bits per heavy atom. The van der Waals surface area contributed by atoms with Crippen LogP contribution in [0.4, 0.5) is 0 Å². The van der Waals surface area contributed by atoms with Crippen LogP contribution in [0.5, 0.6) is 0 Å². The van der Waals surface area contributed by atoms with Gasteiger partial charge >= 0.3 is 0 Å². The molecule has 0 aliphatic carbocycles. The van der Waals surface area contributed by atoms with Gasteiger partial charge in [0.25, 0.3) is 0 Å². The van der Waals surface area contributed by atoms with E-state index in [-0.39, 0.29) is 0 Å². The quantitative estimate of drug-likeness (QED) is 0.539. The highest BCUT2D eigenvalue weighted by atomic mass is 15.2. The molecule has 0 bridgehead atoms. The molecule has 0 aromatic heterocycles. The second-order valence-corrected chi connectivity index (χ2v) is 4.87. The molecule has 0 fully saturated rings. The van der Waals surface area contributed by atoms with Crippen LogP contribution in [0.1, 0.15) is 48.6 Å². The highest BCUT2D eigenvalue weighted by Crippen LogP contribution is 2.22. The van der Waals surface area contributed by atoms with Crippen LogP contribution in [-0.2, 0) is 0 Å². The molecular formula is C15H22N2. The molecule has 17 heavy (non-hydrogen) atoms. The molecule has 0 unspecified atom stereocenters. The minimum Gasteiger partial charge on any atom is -0.160 e. The van der Waals surface area contributed by atoms with Gasteiger partial charge in [-0.15, -0.1) is 0 Å². The van der Waals surface area contributed by atoms with Gasteiger partial charge in [-0.3, -0.25) is 0 Å². The summed E-state index contributed by atoms with van der Waals surface area (Å²) in [5, 5.41) is 8.45. The third-order valence-electron chi connectivity index (χ3n) is 3.13. The van der Waals surface area contributed by atoms with Crippen LogP contribution < -0.4 is 0 Å². The molecule has 2 heteroatoms. The number of aryl methyl sites for hydroxylation is 2. The monoisotopic (exact) mass is 230 g/mol. The van der Waals surface area contributed by atoms with Gasteiger partial charge in [0, 0.05) is 11.3 Å². The molecule has 0 amide bonds. The number of hydrogen-bond donors (Lipinski definition) is 0. The molecule has 92 valence electrons. The topological polar surface area (TPSA) is 24.7 Å². The lowest BCUT2D eigenvalue weighted by Gasteiger charge is -2.14. The van der Waals surface area contributed by atoms with Gasteiger partial charge in [-0.05, 0) is 70.7 Å². The second kappa shape index (κ2) is 5.26. The van der Waals surface area contributed by atoms with E-state index < -0.39 is 0 Å². The zero-order valence-corrected chi connectivity index (χ0v) is 12.0. The van der Waals surface area contributed by atoms with E-state index in [4.69, 9.17) is 0 Å². The van der Waals surface area contributed by atoms with Crippen molar-refractivity contribution in [2.45, 2.75) is 48.5 Å². The number of rotatable bonds is 2. The number of nitrogens with zero attached hydrogens (tertiary/aromatic N) is 2. The average Bonchev–Trinajstić information content (AvgIpc) is 2.24. The predicted molar refractivity (Wildman–Crippen MR) is 76.4 cm³/mol. The first-order valence-electron chi connectivity index (χ1n) is 5.97. The molecule has 0 aliphatic heterocycles. The molecule has 1 aromatic rings. The Morgan fingerprint density at radius 2 is 1.29 bits per heavy atom. The van der Waals surface area contributed by atoms with Crippen LogP contribution in [0.15, 0.2) is 16.3 Å². The zero-order chi connectivity index (χ0) is 13.2. The second-order valence-electron chi connectivity index (χ2n) is 4.87. The Labute approximate surface area is 104 Å². The number of hydrogen-bond acceptors (Lipinski definition) is 2. The summed E-state index contributed by atoms with van der Waals surface area (Å²) in [5.74, 6) is 0. The van der Waals surface area contributed by atoms with Crippen LogP contribution in [0.3, 0.4) is 0 Å². The molecule has 0 heterocycles. The van der Waals surface area contributed by atoms with E-state index in [1.165, 1.54) is 27.8 Å². The van der Waals surface area contributed by atoms with Crippen LogP contribution >= 0.6 is 0 Å². The Morgan fingerprint density at radius 3 is 1.71 bits per heavy atom. The van der Waals surface area contributed by atoms with Gasteiger partial charge in [0.05, 0.1) is 5.71 Å². The summed E-state index contributed by atoms with van der Waals surface area (Å²) in [7, 11) is 0. The molecule has 0 atom stereocenters. The molecule has 0 saturated carbocycles. The first-order valence-corrected chi connectivity index (χ1v) is 5.97. The Bertz CT molecular complexity index is 464. The Hall–Kier alpha value is -1.44. The van der Waals surface area contributed by atoms with Gasteiger partial charge in [-0.2, -0.15) is 10.2 Å². The van der Waals surface area contributed by atoms with Crippen molar-refractivity contribution in [3.63, 3.8) is 0 Å². The molecule has 0 spiro atoms. The summed E-state index contributed by atoms with van der Waals surface area (Å²) in [6.07, 6.45) is 0. The molecule has 0 N–H and O–H groups in total. The summed E-state index contributed by atoms with van der Waals surface area (Å²) in [5.41, 5.74) is 8.45. The van der Waals surface area contributed by atoms with Crippen LogP contribution in [0.25, 0.3) is 0 Å². The lowest BCUT2D eigenvalue weighted by atomic mass is 9.92. The lowest BCUT2D eigenvalue weighted by molar-refractivity contribution is 1.18. The Balaban J connectivity index is 3.41. The maximum Gasteiger partial charge on any atom is 0.0677 e. The minimum atomic E-state index is 0.976. The molecule has 1 rings (SSSR count). The first kappa shape index (κ1) is 13.6. The van der Waals surface area contributed by atoms with E-state index in [9.17, 15) is 0 Å². The molecule has 0 aliphatic rings. The van der Waals surface area contributed by atoms with Gasteiger partial charge in [0.15, 0.2) is 0 Å². The van der Waals surface area contributed by atoms with Gasteiger partial charge in [0.1, 0.15) is 0 Å². The fraction of sp³-hybridized carbons (Fsp3) is 0.467. The van der Waals surface area contributed by atoms with E-state index in [1.807, 2.05) is 20.8 Å². The maximum atomic E-state index is 4.30. The summed E-state index contributed by atoms with van der Waals surface area (Å²) < 4.78 is 0. The third kappa shape index (κ3) is 3.02. The highest BCUT2D eigenvalue weighted by Gasteiger charge is 2.10. The molecule has 0 saturated heterocycles. The van der Waals surface area contributed by atoms with Crippen molar-refractivity contribution in [1.29, 1.82) is 0 Å². The molecule has 1 aromatic carbocycles. The SMILES string of the molecule is CC(C)=N/N=C(\C)c1c(C)c(C)cc(C)c1C. The standard InChI is InChI=1S/C15H22N2/c1-9(2)16-17-14(7)15-12(5)10(3)8-11(4)13(15)6/h8H,1-7H3/b17-14+. The smallest absolute Gasteiger partial charge is 0.0677 e. The first-order chi connectivity index (χ1) is 7.84. The highest BCUT2D eigenvalue weighted by molar-refractivity contribution is 6.02. The van der Waals surface area contributed by atoms with Gasteiger partial charge in [-0.1, -0.05) is 6.07 Å². The lowest BCUT2D eigenvalue weighted by Crippen LogP contribution is -2.05. The van der Waals surface area contributed by atoms with Crippen LogP contribution in [0.2, 0.25) is 0 Å². The summed E-state index contributed by atoms with van der Waals surface area (Å²) in [6.45, 7) is 14.5. The summed E-state index contributed by atoms with van der Waals surface area (Å²) in [4.78, 5) is 0. The fourth-order valence-electron chi connectivity index (χ4n) is 1.98. The van der Waals surface area contributed by atoms with Crippen molar-refractivity contribution in [2.75, 3.05) is 0 Å². The van der Waals surface area contributed by atoms with Crippen molar-refractivity contribution < 1.29 is 0 Å². The summed E-state index contributed by atoms with van der Waals surface area (Å²) in [6, 6.07) is 2.23. The van der Waals surface area contributed by atoms with E-state index in [0.29, 0.717) is 0 Å². The molecule has 0 radical (unpaired) electrons. The normalized spacial score (nSPS) is 11.6. The van der Waals surface area contributed by atoms with Crippen LogP contribution in [0, 0.1) is 27.7 Å². The summed E-state index contributed by atoms with van der Waals surface area (Å²) >= 11 is 0. The van der Waals surface area contributed by atoms with E-state index in [2.05, 4.69) is 44.0 Å². The van der Waals surface area contributed by atoms with Crippen molar-refractivity contribution in [1.82, 2.24) is 0 Å². The van der Waals surface area contributed by atoms with Gasteiger partial charge in [0.2, 0.25) is 0 Å². The molecule has 2 nitrogen and oxygen atoms in total. The van der Waals surface area contributed by atoms with Crippen molar-refractivity contribution in [3.8, 4) is 0 Å². The fourth-order valence-corrected chi connectivity index (χ4v) is 1.98. The van der Waals surface area contributed by atoms with Gasteiger partial charge < -0.3 is 0 Å². The van der Waals surface area contributed by atoms with E-state index in [0.717, 1.165) is 11.4 Å². The van der Waals surface area contributed by atoms with Crippen LogP contribution in [-0.4, -0.2) is 11.4 Å². The largest absolute Gasteiger partial charge is 0.160 e. The predicted octanol–water partition coefficient (Wildman–Crippen LogP) is 4.13. The zero-order valence-electron chi connectivity index (χ0n) is 12.0. The van der Waals surface area contributed by atoms with E-state index >= 15 is 0 Å². The number of benzene rings is 1. The third-order valence-corrected chi connectivity index (χ3v) is 3.13. The maximum absolute atomic E-state index is 4.30. The van der Waals surface area contributed by atoms with Gasteiger partial charge in [-0.25, -0.2) is 0 Å². The van der Waals surface area contributed by atoms with Crippen molar-refractivity contribution >= 4 is 11.4 Å². The van der Waals surface area contributed by atoms with E-state index in [1.54, 1.807) is 0 Å². The average molecular weight is 230 g/mol. The Kier molecular flexibility index (Phi) is 4.22. The van der Waals surface area contributed by atoms with Crippen molar-refractivity contribution in [2.24, 2.45) is 10.2 Å². The van der Waals surface area contributed by atoms with Crippen molar-refractivity contribution in [3.05, 3.63) is 33.9 Å². The molecular weight excluding hydrogens is 208 g/mol. The minimum absolute atomic E-state index is 0.976.